The molecule has 3 aromatic rings. The molecule has 7 heteroatoms. The van der Waals surface area contributed by atoms with Gasteiger partial charge in [-0.2, -0.15) is 8.42 Å². The first kappa shape index (κ1) is 19.8. The van der Waals surface area contributed by atoms with Crippen LogP contribution in [0, 0.1) is 5.92 Å². The van der Waals surface area contributed by atoms with Crippen molar-refractivity contribution in [2.24, 2.45) is 5.92 Å². The van der Waals surface area contributed by atoms with E-state index in [9.17, 15) is 8.42 Å². The first-order valence-electron chi connectivity index (χ1n) is 9.00. The molecule has 0 radical (unpaired) electrons. The van der Waals surface area contributed by atoms with Crippen molar-refractivity contribution in [3.8, 4) is 0 Å². The van der Waals surface area contributed by atoms with Gasteiger partial charge in [-0.3, -0.25) is 4.18 Å². The van der Waals surface area contributed by atoms with Crippen molar-refractivity contribution in [3.63, 3.8) is 0 Å². The van der Waals surface area contributed by atoms with E-state index in [1.807, 2.05) is 48.5 Å². The number of anilines is 2. The van der Waals surface area contributed by atoms with Gasteiger partial charge in [0, 0.05) is 5.69 Å². The number of benzene rings is 2. The van der Waals surface area contributed by atoms with Crippen molar-refractivity contribution in [2.75, 3.05) is 11.6 Å². The molecule has 0 bridgehead atoms. The molecule has 0 saturated heterocycles. The SMILES string of the molecule is CCC(CC)C(OS(C)(=O)=O)c1ccc(Nc2nc3ccccc3s2)cc1. The lowest BCUT2D eigenvalue weighted by Gasteiger charge is -2.25. The van der Waals surface area contributed by atoms with Crippen LogP contribution in [-0.4, -0.2) is 19.7 Å². The first-order chi connectivity index (χ1) is 12.9. The normalized spacial score (nSPS) is 13.2. The summed E-state index contributed by atoms with van der Waals surface area (Å²) in [5, 5.41) is 4.14. The topological polar surface area (TPSA) is 68.3 Å². The zero-order valence-electron chi connectivity index (χ0n) is 15.7. The summed E-state index contributed by atoms with van der Waals surface area (Å²) in [6.45, 7) is 4.10. The van der Waals surface area contributed by atoms with E-state index in [4.69, 9.17) is 4.18 Å². The number of hydrogen-bond donors (Lipinski definition) is 1. The number of nitrogens with zero attached hydrogens (tertiary/aromatic N) is 1. The molecule has 1 heterocycles. The van der Waals surface area contributed by atoms with Crippen LogP contribution < -0.4 is 5.32 Å². The van der Waals surface area contributed by atoms with Crippen LogP contribution in [-0.2, 0) is 14.3 Å². The van der Waals surface area contributed by atoms with Crippen LogP contribution in [0.5, 0.6) is 0 Å². The summed E-state index contributed by atoms with van der Waals surface area (Å²) >= 11 is 1.60. The minimum atomic E-state index is -3.53. The average molecular weight is 405 g/mol. The maximum absolute atomic E-state index is 11.7. The monoisotopic (exact) mass is 404 g/mol. The number of nitrogens with one attached hydrogen (secondary N) is 1. The van der Waals surface area contributed by atoms with Crippen LogP contribution in [0.3, 0.4) is 0 Å². The molecule has 1 N–H and O–H groups in total. The molecule has 0 aliphatic carbocycles. The van der Waals surface area contributed by atoms with Crippen molar-refractivity contribution >= 4 is 42.5 Å². The summed E-state index contributed by atoms with van der Waals surface area (Å²) in [6, 6.07) is 15.7. The summed E-state index contributed by atoms with van der Waals surface area (Å²) in [4.78, 5) is 4.57. The Morgan fingerprint density at radius 3 is 2.33 bits per heavy atom. The van der Waals surface area contributed by atoms with Gasteiger partial charge in [0.15, 0.2) is 5.13 Å². The van der Waals surface area contributed by atoms with E-state index in [1.54, 1.807) is 11.3 Å². The summed E-state index contributed by atoms with van der Waals surface area (Å²) in [5.41, 5.74) is 2.74. The van der Waals surface area contributed by atoms with Gasteiger partial charge in [-0.1, -0.05) is 62.3 Å². The molecule has 0 spiro atoms. The quantitative estimate of drug-likeness (QED) is 0.503. The number of thiazole rings is 1. The third kappa shape index (κ3) is 5.06. The van der Waals surface area contributed by atoms with Crippen molar-refractivity contribution in [2.45, 2.75) is 32.8 Å². The van der Waals surface area contributed by atoms with Gasteiger partial charge in [0.25, 0.3) is 10.1 Å². The Labute approximate surface area is 164 Å². The van der Waals surface area contributed by atoms with Crippen LogP contribution in [0.15, 0.2) is 48.5 Å². The van der Waals surface area contributed by atoms with Crippen LogP contribution in [0.2, 0.25) is 0 Å². The molecule has 0 saturated carbocycles. The maximum atomic E-state index is 11.7. The van der Waals surface area contributed by atoms with Crippen LogP contribution in [0.25, 0.3) is 10.2 Å². The molecule has 2 aromatic carbocycles. The Morgan fingerprint density at radius 1 is 1.07 bits per heavy atom. The van der Waals surface area contributed by atoms with Crippen molar-refractivity contribution in [1.82, 2.24) is 4.98 Å². The van der Waals surface area contributed by atoms with Gasteiger partial charge in [-0.15, -0.1) is 0 Å². The summed E-state index contributed by atoms with van der Waals surface area (Å²) in [5.74, 6) is 0.141. The smallest absolute Gasteiger partial charge is 0.264 e. The van der Waals surface area contributed by atoms with Gasteiger partial charge in [0.1, 0.15) is 6.10 Å². The van der Waals surface area contributed by atoms with E-state index in [0.717, 1.165) is 45.7 Å². The molecule has 0 amide bonds. The minimum Gasteiger partial charge on any atom is -0.332 e. The molecule has 0 aliphatic rings. The molecular weight excluding hydrogens is 380 g/mol. The number of hydrogen-bond acceptors (Lipinski definition) is 6. The highest BCUT2D eigenvalue weighted by atomic mass is 32.2. The molecular formula is C20H24N2O3S2. The van der Waals surface area contributed by atoms with E-state index in [2.05, 4.69) is 24.1 Å². The lowest BCUT2D eigenvalue weighted by atomic mass is 9.91. The maximum Gasteiger partial charge on any atom is 0.264 e. The van der Waals surface area contributed by atoms with Gasteiger partial charge in [-0.05, 0) is 35.7 Å². The lowest BCUT2D eigenvalue weighted by molar-refractivity contribution is 0.137. The lowest BCUT2D eigenvalue weighted by Crippen LogP contribution is -2.18. The molecule has 1 unspecified atom stereocenters. The van der Waals surface area contributed by atoms with Crippen molar-refractivity contribution in [1.29, 1.82) is 0 Å². The second-order valence-electron chi connectivity index (χ2n) is 6.53. The Hall–Kier alpha value is -1.96. The highest BCUT2D eigenvalue weighted by Crippen LogP contribution is 2.34. The van der Waals surface area contributed by atoms with Gasteiger partial charge in [-0.25, -0.2) is 4.98 Å². The third-order valence-electron chi connectivity index (χ3n) is 4.54. The largest absolute Gasteiger partial charge is 0.332 e. The second kappa shape index (κ2) is 8.37. The van der Waals surface area contributed by atoms with E-state index >= 15 is 0 Å². The Bertz CT molecular complexity index is 960. The van der Waals surface area contributed by atoms with Crippen LogP contribution >= 0.6 is 11.3 Å². The third-order valence-corrected chi connectivity index (χ3v) is 6.05. The van der Waals surface area contributed by atoms with E-state index in [0.29, 0.717) is 0 Å². The predicted molar refractivity (Wildman–Crippen MR) is 112 cm³/mol. The predicted octanol–water partition coefficient (Wildman–Crippen LogP) is 5.49. The minimum absolute atomic E-state index is 0.141. The van der Waals surface area contributed by atoms with E-state index in [1.165, 1.54) is 0 Å². The van der Waals surface area contributed by atoms with Gasteiger partial charge in [0.2, 0.25) is 0 Å². The molecule has 1 atom stereocenters. The summed E-state index contributed by atoms with van der Waals surface area (Å²) < 4.78 is 29.9. The molecule has 144 valence electrons. The Balaban J connectivity index is 1.81. The van der Waals surface area contributed by atoms with Crippen molar-refractivity contribution < 1.29 is 12.6 Å². The Kier molecular flexibility index (Phi) is 6.14. The second-order valence-corrected chi connectivity index (χ2v) is 9.16. The average Bonchev–Trinajstić information content (AvgIpc) is 3.04. The first-order valence-corrected chi connectivity index (χ1v) is 11.6. The van der Waals surface area contributed by atoms with Crippen molar-refractivity contribution in [3.05, 3.63) is 54.1 Å². The highest BCUT2D eigenvalue weighted by molar-refractivity contribution is 7.86. The Morgan fingerprint density at radius 2 is 1.74 bits per heavy atom. The van der Waals surface area contributed by atoms with Gasteiger partial charge >= 0.3 is 0 Å². The number of rotatable bonds is 8. The molecule has 0 aliphatic heterocycles. The molecule has 27 heavy (non-hydrogen) atoms. The van der Waals surface area contributed by atoms with Gasteiger partial charge in [0.05, 0.1) is 16.5 Å². The molecule has 3 rings (SSSR count). The number of para-hydroxylation sites is 1. The summed E-state index contributed by atoms with van der Waals surface area (Å²) in [6.07, 6.45) is 2.34. The molecule has 5 nitrogen and oxygen atoms in total. The van der Waals surface area contributed by atoms with Crippen LogP contribution in [0.4, 0.5) is 10.8 Å². The fraction of sp³-hybridized carbons (Fsp3) is 0.350. The van der Waals surface area contributed by atoms with Gasteiger partial charge < -0.3 is 5.32 Å². The number of fused-ring (bicyclic) bond motifs is 1. The number of aromatic nitrogens is 1. The van der Waals surface area contributed by atoms with Crippen LogP contribution in [0.1, 0.15) is 38.4 Å². The highest BCUT2D eigenvalue weighted by Gasteiger charge is 2.25. The van der Waals surface area contributed by atoms with E-state index < -0.39 is 16.2 Å². The summed E-state index contributed by atoms with van der Waals surface area (Å²) in [7, 11) is -3.53. The molecule has 1 aromatic heterocycles. The molecule has 0 fully saturated rings. The zero-order valence-corrected chi connectivity index (χ0v) is 17.3. The fourth-order valence-electron chi connectivity index (χ4n) is 3.12. The standard InChI is InChI=1S/C20H24N2O3S2/c1-4-14(5-2)19(25-27(3,23)24)15-10-12-16(13-11-15)21-20-22-17-8-6-7-9-18(17)26-20/h6-14,19H,4-5H2,1-3H3,(H,21,22). The fourth-order valence-corrected chi connectivity index (χ4v) is 4.65. The zero-order chi connectivity index (χ0) is 19.4. The van der Waals surface area contributed by atoms with E-state index in [-0.39, 0.29) is 5.92 Å².